The van der Waals surface area contributed by atoms with Crippen molar-refractivity contribution in [2.24, 2.45) is 5.73 Å². The zero-order chi connectivity index (χ0) is 18.4. The van der Waals surface area contributed by atoms with Crippen molar-refractivity contribution >= 4 is 24.0 Å². The third-order valence-electron chi connectivity index (χ3n) is 4.67. The summed E-state index contributed by atoms with van der Waals surface area (Å²) in [6.45, 7) is 5.51. The summed E-state index contributed by atoms with van der Waals surface area (Å²) >= 11 is 0. The molecule has 1 atom stereocenters. The average molecular weight is 360 g/mol. The molecule has 1 fully saturated rings. The van der Waals surface area contributed by atoms with Gasteiger partial charge in [0.2, 0.25) is 5.91 Å². The zero-order valence-corrected chi connectivity index (χ0v) is 15.5. The van der Waals surface area contributed by atoms with E-state index in [2.05, 4.69) is 0 Å². The van der Waals surface area contributed by atoms with Gasteiger partial charge >= 0.3 is 0 Å². The number of nitrogens with zero attached hydrogens (tertiary/aromatic N) is 1. The highest BCUT2D eigenvalue weighted by molar-refractivity contribution is 7.70. The van der Waals surface area contributed by atoms with Crippen LogP contribution in [-0.2, 0) is 9.36 Å². The van der Waals surface area contributed by atoms with Gasteiger partial charge in [-0.2, -0.15) is 0 Å². The van der Waals surface area contributed by atoms with E-state index in [1.54, 1.807) is 55.5 Å². The van der Waals surface area contributed by atoms with Crippen LogP contribution in [0.25, 0.3) is 11.1 Å². The van der Waals surface area contributed by atoms with E-state index in [0.717, 1.165) is 0 Å². The molecule has 0 aromatic heterocycles. The molecule has 1 saturated heterocycles. The molecule has 2 aromatic carbocycles. The van der Waals surface area contributed by atoms with E-state index in [0.29, 0.717) is 40.6 Å². The fourth-order valence-electron chi connectivity index (χ4n) is 3.29. The number of rotatable bonds is 3. The van der Waals surface area contributed by atoms with Crippen LogP contribution in [0.5, 0.6) is 0 Å². The summed E-state index contributed by atoms with van der Waals surface area (Å²) in [6, 6.07) is 10.1. The van der Waals surface area contributed by atoms with Crippen LogP contribution < -0.4 is 15.9 Å². The van der Waals surface area contributed by atoms with E-state index in [-0.39, 0.29) is 5.91 Å². The van der Waals surface area contributed by atoms with Gasteiger partial charge in [-0.25, -0.2) is 4.39 Å². The minimum absolute atomic E-state index is 0.178. The first-order chi connectivity index (χ1) is 11.7. The van der Waals surface area contributed by atoms with Gasteiger partial charge in [0.15, 0.2) is 0 Å². The maximum absolute atomic E-state index is 15.1. The Hall–Kier alpha value is -1.97. The number of carbonyl (C=O) groups excluding carboxylic acids is 1. The number of hydrogen-bond acceptors (Lipinski definition) is 3. The van der Waals surface area contributed by atoms with Gasteiger partial charge in [0, 0.05) is 28.7 Å². The molecule has 1 aliphatic rings. The van der Waals surface area contributed by atoms with Gasteiger partial charge in [-0.15, -0.1) is 0 Å². The van der Waals surface area contributed by atoms with E-state index in [4.69, 9.17) is 5.73 Å². The van der Waals surface area contributed by atoms with Crippen molar-refractivity contribution in [3.63, 3.8) is 0 Å². The summed E-state index contributed by atoms with van der Waals surface area (Å²) in [6.07, 6.45) is 0.569. The van der Waals surface area contributed by atoms with E-state index in [1.807, 2.05) is 6.07 Å². The molecule has 25 heavy (non-hydrogen) atoms. The first-order valence-electron chi connectivity index (χ1n) is 8.23. The topological polar surface area (TPSA) is 63.4 Å². The minimum Gasteiger partial charge on any atom is -0.320 e. The van der Waals surface area contributed by atoms with Gasteiger partial charge in [0.1, 0.15) is 13.0 Å². The number of benzene rings is 2. The predicted molar refractivity (Wildman–Crippen MR) is 101 cm³/mol. The molecule has 1 aliphatic heterocycles. The molecular weight excluding hydrogens is 338 g/mol. The predicted octanol–water partition coefficient (Wildman–Crippen LogP) is 3.11. The summed E-state index contributed by atoms with van der Waals surface area (Å²) in [5.74, 6) is -0.575. The van der Waals surface area contributed by atoms with Crippen LogP contribution >= 0.6 is 7.14 Å². The second kappa shape index (κ2) is 6.40. The summed E-state index contributed by atoms with van der Waals surface area (Å²) in [4.78, 5) is 13.7. The fourth-order valence-corrected chi connectivity index (χ4v) is 4.51. The maximum atomic E-state index is 15.1. The van der Waals surface area contributed by atoms with Gasteiger partial charge in [-0.3, -0.25) is 4.79 Å². The van der Waals surface area contributed by atoms with Gasteiger partial charge in [0.05, 0.1) is 6.04 Å². The van der Waals surface area contributed by atoms with Crippen LogP contribution in [0.3, 0.4) is 0 Å². The Morgan fingerprint density at radius 3 is 2.44 bits per heavy atom. The standard InChI is InChI=1S/C19H22FN2O2P/c1-12-16(22-11-10-15(21)19(22)23)9-8-14(18(12)20)13-6-4-5-7-17(13)25(2,3)24/h4-9,15H,10-11,21H2,1-3H3. The highest BCUT2D eigenvalue weighted by Crippen LogP contribution is 2.40. The average Bonchev–Trinajstić information content (AvgIpc) is 2.89. The highest BCUT2D eigenvalue weighted by Gasteiger charge is 2.31. The number of amides is 1. The SMILES string of the molecule is Cc1c(N2CCC(N)C2=O)ccc(-c2ccccc2P(C)(C)=O)c1F. The Balaban J connectivity index is 2.12. The molecule has 0 radical (unpaired) electrons. The molecule has 4 nitrogen and oxygen atoms in total. The van der Waals surface area contributed by atoms with Crippen LogP contribution in [0.4, 0.5) is 10.1 Å². The Morgan fingerprint density at radius 1 is 1.16 bits per heavy atom. The van der Waals surface area contributed by atoms with Crippen LogP contribution in [0.1, 0.15) is 12.0 Å². The largest absolute Gasteiger partial charge is 0.320 e. The zero-order valence-electron chi connectivity index (χ0n) is 14.6. The normalized spacial score (nSPS) is 18.0. The molecule has 0 saturated carbocycles. The molecule has 1 unspecified atom stereocenters. The highest BCUT2D eigenvalue weighted by atomic mass is 31.2. The van der Waals surface area contributed by atoms with Crippen molar-refractivity contribution < 1.29 is 13.8 Å². The van der Waals surface area contributed by atoms with Crippen molar-refractivity contribution in [2.75, 3.05) is 24.8 Å². The summed E-state index contributed by atoms with van der Waals surface area (Å²) < 4.78 is 27.7. The van der Waals surface area contributed by atoms with Gasteiger partial charge in [-0.05, 0) is 44.4 Å². The molecule has 0 aliphatic carbocycles. The molecule has 3 rings (SSSR count). The van der Waals surface area contributed by atoms with Crippen LogP contribution in [0.15, 0.2) is 36.4 Å². The quantitative estimate of drug-likeness (QED) is 0.856. The van der Waals surface area contributed by atoms with Crippen LogP contribution in [0.2, 0.25) is 0 Å². The molecule has 0 spiro atoms. The van der Waals surface area contributed by atoms with E-state index in [1.165, 1.54) is 0 Å². The molecule has 132 valence electrons. The van der Waals surface area contributed by atoms with E-state index in [9.17, 15) is 9.36 Å². The molecule has 0 bridgehead atoms. The monoisotopic (exact) mass is 360 g/mol. The van der Waals surface area contributed by atoms with Crippen molar-refractivity contribution in [2.45, 2.75) is 19.4 Å². The van der Waals surface area contributed by atoms with Crippen molar-refractivity contribution in [1.29, 1.82) is 0 Å². The first-order valence-corrected chi connectivity index (χ1v) is 10.8. The minimum atomic E-state index is -2.55. The molecule has 2 N–H and O–H groups in total. The lowest BCUT2D eigenvalue weighted by molar-refractivity contribution is -0.118. The number of hydrogen-bond donors (Lipinski definition) is 1. The lowest BCUT2D eigenvalue weighted by Crippen LogP contribution is -2.34. The lowest BCUT2D eigenvalue weighted by atomic mass is 10.0. The maximum Gasteiger partial charge on any atom is 0.243 e. The van der Waals surface area contributed by atoms with Crippen molar-refractivity contribution in [1.82, 2.24) is 0 Å². The third-order valence-corrected chi connectivity index (χ3v) is 6.22. The fraction of sp³-hybridized carbons (Fsp3) is 0.316. The molecule has 2 aromatic rings. The van der Waals surface area contributed by atoms with Crippen LogP contribution in [0, 0.1) is 12.7 Å². The summed E-state index contributed by atoms with van der Waals surface area (Å²) in [5.41, 5.74) is 7.75. The summed E-state index contributed by atoms with van der Waals surface area (Å²) in [5, 5.41) is 0.653. The smallest absolute Gasteiger partial charge is 0.243 e. The Labute approximate surface area is 147 Å². The van der Waals surface area contributed by atoms with Gasteiger partial charge in [-0.1, -0.05) is 24.3 Å². The lowest BCUT2D eigenvalue weighted by Gasteiger charge is -2.21. The molecule has 1 heterocycles. The summed E-state index contributed by atoms with van der Waals surface area (Å²) in [7, 11) is -2.55. The molecule has 6 heteroatoms. The third kappa shape index (κ3) is 3.14. The van der Waals surface area contributed by atoms with E-state index < -0.39 is 19.0 Å². The van der Waals surface area contributed by atoms with Gasteiger partial charge < -0.3 is 15.2 Å². The number of carbonyl (C=O) groups is 1. The number of nitrogens with two attached hydrogens (primary N) is 1. The Kier molecular flexibility index (Phi) is 4.56. The van der Waals surface area contributed by atoms with Gasteiger partial charge in [0.25, 0.3) is 0 Å². The first kappa shape index (κ1) is 17.8. The van der Waals surface area contributed by atoms with Crippen LogP contribution in [-0.4, -0.2) is 31.8 Å². The Morgan fingerprint density at radius 2 is 1.84 bits per heavy atom. The molecular formula is C19H22FN2O2P. The number of anilines is 1. The Bertz CT molecular complexity index is 891. The second-order valence-electron chi connectivity index (χ2n) is 6.82. The second-order valence-corrected chi connectivity index (χ2v) is 10.0. The van der Waals surface area contributed by atoms with Crippen molar-refractivity contribution in [3.8, 4) is 11.1 Å². The van der Waals surface area contributed by atoms with Crippen molar-refractivity contribution in [3.05, 3.63) is 47.8 Å². The molecule has 1 amide bonds. The van der Waals surface area contributed by atoms with E-state index >= 15 is 4.39 Å². The number of halogens is 1.